The number of ether oxygens (including phenoxy) is 4. The van der Waals surface area contributed by atoms with Crippen LogP contribution in [0.5, 0.6) is 23.0 Å². The summed E-state index contributed by atoms with van der Waals surface area (Å²) in [5.41, 5.74) is 2.05. The molecule has 3 aromatic rings. The van der Waals surface area contributed by atoms with Crippen molar-refractivity contribution < 1.29 is 28.5 Å². The molecular weight excluding hydrogens is 410 g/mol. The fraction of sp³-hybridized carbons (Fsp3) is 0.240. The lowest BCUT2D eigenvalue weighted by molar-refractivity contribution is -0.135. The molecule has 0 amide bonds. The van der Waals surface area contributed by atoms with E-state index in [9.17, 15) is 9.59 Å². The summed E-state index contributed by atoms with van der Waals surface area (Å²) in [4.78, 5) is 28.1. The minimum atomic E-state index is -0.384. The number of benzene rings is 2. The van der Waals surface area contributed by atoms with Crippen molar-refractivity contribution in [2.45, 2.75) is 26.7 Å². The first-order valence-electron chi connectivity index (χ1n) is 10.2. The molecule has 0 atom stereocenters. The zero-order chi connectivity index (χ0) is 23.1. The molecule has 2 aromatic carbocycles. The molecule has 0 N–H and O–H groups in total. The maximum Gasteiger partial charge on any atom is 0.311 e. The van der Waals surface area contributed by atoms with Gasteiger partial charge in [0.1, 0.15) is 5.52 Å². The van der Waals surface area contributed by atoms with Gasteiger partial charge in [-0.05, 0) is 35.9 Å². The number of methoxy groups -OCH3 is 2. The van der Waals surface area contributed by atoms with E-state index in [-0.39, 0.29) is 30.5 Å². The van der Waals surface area contributed by atoms with Gasteiger partial charge in [0.05, 0.1) is 19.9 Å². The Bertz CT molecular complexity index is 1140. The maximum atomic E-state index is 11.7. The number of para-hydroxylation sites is 1. The quantitative estimate of drug-likeness (QED) is 0.361. The average Bonchev–Trinajstić information content (AvgIpc) is 2.82. The van der Waals surface area contributed by atoms with E-state index in [1.54, 1.807) is 32.0 Å². The zero-order valence-electron chi connectivity index (χ0n) is 18.5. The van der Waals surface area contributed by atoms with Gasteiger partial charge in [-0.25, -0.2) is 4.98 Å². The third-order valence-corrected chi connectivity index (χ3v) is 4.65. The molecule has 166 valence electrons. The summed E-state index contributed by atoms with van der Waals surface area (Å²) < 4.78 is 21.6. The second-order valence-corrected chi connectivity index (χ2v) is 6.81. The van der Waals surface area contributed by atoms with Gasteiger partial charge in [-0.1, -0.05) is 38.1 Å². The Morgan fingerprint density at radius 1 is 0.844 bits per heavy atom. The van der Waals surface area contributed by atoms with E-state index >= 15 is 0 Å². The van der Waals surface area contributed by atoms with Crippen molar-refractivity contribution in [1.82, 2.24) is 4.98 Å². The van der Waals surface area contributed by atoms with Crippen molar-refractivity contribution in [2.75, 3.05) is 14.2 Å². The van der Waals surface area contributed by atoms with Crippen LogP contribution < -0.4 is 18.9 Å². The molecule has 7 heteroatoms. The second-order valence-electron chi connectivity index (χ2n) is 6.81. The van der Waals surface area contributed by atoms with Gasteiger partial charge >= 0.3 is 11.9 Å². The molecule has 7 nitrogen and oxygen atoms in total. The van der Waals surface area contributed by atoms with Crippen molar-refractivity contribution in [1.29, 1.82) is 0 Å². The highest BCUT2D eigenvalue weighted by Crippen LogP contribution is 2.39. The minimum absolute atomic E-state index is 0.233. The van der Waals surface area contributed by atoms with Gasteiger partial charge in [0.15, 0.2) is 17.2 Å². The van der Waals surface area contributed by atoms with Crippen LogP contribution in [-0.2, 0) is 9.59 Å². The van der Waals surface area contributed by atoms with Crippen LogP contribution in [0.2, 0.25) is 0 Å². The molecule has 0 aliphatic heterocycles. The standard InChI is InChI=1S/C25H25NO6/c1-5-22(27)31-19-9-7-8-17-11-13-18(26-24(17)19)12-10-16-14-20(29-3)25(21(15-16)30-4)32-23(28)6-2/h7-15H,5-6H2,1-4H3/b12-10+. The van der Waals surface area contributed by atoms with Gasteiger partial charge in [-0.2, -0.15) is 0 Å². The van der Waals surface area contributed by atoms with Crippen molar-refractivity contribution in [3.05, 3.63) is 53.7 Å². The number of hydrogen-bond donors (Lipinski definition) is 0. The normalized spacial score (nSPS) is 10.9. The Labute approximate surface area is 186 Å². The Kier molecular flexibility index (Phi) is 7.44. The largest absolute Gasteiger partial charge is 0.493 e. The molecular formula is C25H25NO6. The molecule has 0 aliphatic rings. The molecule has 0 saturated carbocycles. The van der Waals surface area contributed by atoms with E-state index in [0.29, 0.717) is 28.5 Å². The zero-order valence-corrected chi connectivity index (χ0v) is 18.5. The van der Waals surface area contributed by atoms with Crippen LogP contribution in [0.3, 0.4) is 0 Å². The lowest BCUT2D eigenvalue weighted by Crippen LogP contribution is -2.08. The Morgan fingerprint density at radius 2 is 1.50 bits per heavy atom. The van der Waals surface area contributed by atoms with E-state index in [2.05, 4.69) is 4.98 Å². The minimum Gasteiger partial charge on any atom is -0.493 e. The van der Waals surface area contributed by atoms with Crippen molar-refractivity contribution in [3.8, 4) is 23.0 Å². The number of fused-ring (bicyclic) bond motifs is 1. The third kappa shape index (κ3) is 5.24. The van der Waals surface area contributed by atoms with E-state index < -0.39 is 0 Å². The summed E-state index contributed by atoms with van der Waals surface area (Å²) in [6, 6.07) is 12.7. The number of esters is 2. The van der Waals surface area contributed by atoms with E-state index in [0.717, 1.165) is 10.9 Å². The van der Waals surface area contributed by atoms with Crippen LogP contribution in [0, 0.1) is 0 Å². The fourth-order valence-electron chi connectivity index (χ4n) is 2.97. The van der Waals surface area contributed by atoms with Crippen LogP contribution in [0.15, 0.2) is 42.5 Å². The smallest absolute Gasteiger partial charge is 0.311 e. The summed E-state index contributed by atoms with van der Waals surface area (Å²) in [7, 11) is 2.99. The van der Waals surface area contributed by atoms with Gasteiger partial charge in [0.25, 0.3) is 0 Å². The lowest BCUT2D eigenvalue weighted by atomic mass is 10.1. The Morgan fingerprint density at radius 3 is 2.12 bits per heavy atom. The SMILES string of the molecule is CCC(=O)Oc1c(OC)cc(/C=C/c2ccc3cccc(OC(=O)CC)c3n2)cc1OC. The van der Waals surface area contributed by atoms with Crippen molar-refractivity contribution in [2.24, 2.45) is 0 Å². The predicted molar refractivity (Wildman–Crippen MR) is 122 cm³/mol. The molecule has 3 rings (SSSR count). The first-order chi connectivity index (χ1) is 15.5. The van der Waals surface area contributed by atoms with Gasteiger partial charge in [0, 0.05) is 18.2 Å². The second kappa shape index (κ2) is 10.4. The predicted octanol–water partition coefficient (Wildman–Crippen LogP) is 5.05. The molecule has 32 heavy (non-hydrogen) atoms. The van der Waals surface area contributed by atoms with Crippen LogP contribution in [0.1, 0.15) is 37.9 Å². The molecule has 0 fully saturated rings. The van der Waals surface area contributed by atoms with Crippen LogP contribution in [0.4, 0.5) is 0 Å². The van der Waals surface area contributed by atoms with Gasteiger partial charge in [-0.15, -0.1) is 0 Å². The summed E-state index contributed by atoms with van der Waals surface area (Å²) in [6.45, 7) is 3.45. The molecule has 0 radical (unpaired) electrons. The van der Waals surface area contributed by atoms with Crippen LogP contribution in [0.25, 0.3) is 23.1 Å². The number of nitrogens with zero attached hydrogens (tertiary/aromatic N) is 1. The van der Waals surface area contributed by atoms with Crippen molar-refractivity contribution >= 4 is 35.0 Å². The summed E-state index contributed by atoms with van der Waals surface area (Å²) >= 11 is 0. The van der Waals surface area contributed by atoms with E-state index in [1.165, 1.54) is 14.2 Å². The highest BCUT2D eigenvalue weighted by molar-refractivity contribution is 5.88. The fourth-order valence-corrected chi connectivity index (χ4v) is 2.97. The molecule has 0 unspecified atom stereocenters. The number of carbonyl (C=O) groups is 2. The first-order valence-corrected chi connectivity index (χ1v) is 10.2. The molecule has 0 saturated heterocycles. The average molecular weight is 435 g/mol. The van der Waals surface area contributed by atoms with Gasteiger partial charge < -0.3 is 18.9 Å². The van der Waals surface area contributed by atoms with E-state index in [4.69, 9.17) is 18.9 Å². The maximum absolute atomic E-state index is 11.7. The third-order valence-electron chi connectivity index (χ3n) is 4.65. The number of aromatic nitrogens is 1. The van der Waals surface area contributed by atoms with Gasteiger partial charge in [-0.3, -0.25) is 9.59 Å². The molecule has 1 aromatic heterocycles. The summed E-state index contributed by atoms with van der Waals surface area (Å²) in [5, 5.41) is 0.869. The van der Waals surface area contributed by atoms with Crippen molar-refractivity contribution in [3.63, 3.8) is 0 Å². The van der Waals surface area contributed by atoms with Gasteiger partial charge in [0.2, 0.25) is 5.75 Å². The monoisotopic (exact) mass is 435 g/mol. The molecule has 0 aliphatic carbocycles. The molecule has 1 heterocycles. The number of hydrogen-bond acceptors (Lipinski definition) is 7. The summed E-state index contributed by atoms with van der Waals surface area (Å²) in [6.07, 6.45) is 4.18. The van der Waals surface area contributed by atoms with Crippen LogP contribution in [-0.4, -0.2) is 31.1 Å². The van der Waals surface area contributed by atoms with Crippen LogP contribution >= 0.6 is 0 Å². The van der Waals surface area contributed by atoms with E-state index in [1.807, 2.05) is 36.4 Å². The lowest BCUT2D eigenvalue weighted by Gasteiger charge is -2.13. The number of rotatable bonds is 8. The number of pyridine rings is 1. The Balaban J connectivity index is 1.95. The number of carbonyl (C=O) groups excluding carboxylic acids is 2. The highest BCUT2D eigenvalue weighted by atomic mass is 16.6. The Hall–Kier alpha value is -3.87. The first kappa shape index (κ1) is 22.8. The summed E-state index contributed by atoms with van der Waals surface area (Å²) in [5.74, 6) is 0.727. The topological polar surface area (TPSA) is 84.0 Å². The molecule has 0 spiro atoms. The highest BCUT2D eigenvalue weighted by Gasteiger charge is 2.16. The molecule has 0 bridgehead atoms.